The molecule has 2 aromatic rings. The van der Waals surface area contributed by atoms with Crippen molar-refractivity contribution in [3.8, 4) is 0 Å². The van der Waals surface area contributed by atoms with Crippen molar-refractivity contribution >= 4 is 33.4 Å². The number of carbonyl (C=O) groups excluding carboxylic acids is 1. The molecule has 1 aliphatic carbocycles. The number of hydrogen-bond acceptors (Lipinski definition) is 5. The molecule has 0 unspecified atom stereocenters. The van der Waals surface area contributed by atoms with E-state index in [2.05, 4.69) is 16.8 Å². The first-order chi connectivity index (χ1) is 15.3. The fourth-order valence-corrected chi connectivity index (χ4v) is 6.70. The van der Waals surface area contributed by atoms with E-state index in [0.717, 1.165) is 23.7 Å². The van der Waals surface area contributed by atoms with Gasteiger partial charge in [0.15, 0.2) is 5.16 Å². The zero-order chi connectivity index (χ0) is 23.3. The van der Waals surface area contributed by atoms with Crippen LogP contribution in [0.15, 0.2) is 34.3 Å². The molecule has 0 spiro atoms. The van der Waals surface area contributed by atoms with E-state index in [9.17, 15) is 13.2 Å². The summed E-state index contributed by atoms with van der Waals surface area (Å²) in [5.74, 6) is 0.0382. The molecule has 0 bridgehead atoms. The highest BCUT2D eigenvalue weighted by molar-refractivity contribution is 7.99. The molecule has 0 radical (unpaired) electrons. The molecule has 1 heterocycles. The maximum absolute atomic E-state index is 12.8. The number of amides is 1. The summed E-state index contributed by atoms with van der Waals surface area (Å²) in [5.41, 5.74) is 2.66. The quantitative estimate of drug-likeness (QED) is 0.525. The van der Waals surface area contributed by atoms with Crippen LogP contribution in [0.2, 0.25) is 0 Å². The molecular weight excluding hydrogens is 444 g/mol. The zero-order valence-corrected chi connectivity index (χ0v) is 21.1. The first-order valence-electron chi connectivity index (χ1n) is 11.4. The minimum absolute atomic E-state index is 0.180. The van der Waals surface area contributed by atoms with Gasteiger partial charge in [-0.05, 0) is 44.9 Å². The molecule has 1 aromatic heterocycles. The third-order valence-corrected chi connectivity index (χ3v) is 9.09. The molecular formula is C23H34N4O3S2. The van der Waals surface area contributed by atoms with Crippen molar-refractivity contribution in [3.05, 3.63) is 35.7 Å². The van der Waals surface area contributed by atoms with E-state index in [1.54, 1.807) is 18.2 Å². The predicted molar refractivity (Wildman–Crippen MR) is 130 cm³/mol. The zero-order valence-electron chi connectivity index (χ0n) is 19.4. The first-order valence-corrected chi connectivity index (χ1v) is 13.8. The van der Waals surface area contributed by atoms with E-state index < -0.39 is 10.0 Å². The van der Waals surface area contributed by atoms with Gasteiger partial charge in [-0.3, -0.25) is 4.79 Å². The van der Waals surface area contributed by atoms with E-state index in [4.69, 9.17) is 4.98 Å². The number of hydrogen-bond donors (Lipinski definition) is 1. The standard InChI is InChI=1S/C23H34N4O3S2/c1-5-26(6-2)32(29,30)21-14-10-11-19(15-21)25-22(28)16-31-23-24-17(3)18(4)27(23)20-12-8-7-9-13-20/h10-11,14-15,20H,5-9,12-13,16H2,1-4H3,(H,25,28). The molecule has 1 amide bonds. The van der Waals surface area contributed by atoms with Crippen LogP contribution in [-0.4, -0.2) is 47.0 Å². The van der Waals surface area contributed by atoms with Crippen LogP contribution in [-0.2, 0) is 14.8 Å². The number of anilines is 1. The number of aryl methyl sites for hydroxylation is 1. The van der Waals surface area contributed by atoms with Crippen LogP contribution in [0, 0.1) is 13.8 Å². The summed E-state index contributed by atoms with van der Waals surface area (Å²) < 4.78 is 29.2. The molecule has 0 atom stereocenters. The van der Waals surface area contributed by atoms with Crippen molar-refractivity contribution in [2.45, 2.75) is 75.9 Å². The molecule has 1 saturated carbocycles. The Hall–Kier alpha value is -1.84. The van der Waals surface area contributed by atoms with Gasteiger partial charge in [0, 0.05) is 30.5 Å². The second-order valence-electron chi connectivity index (χ2n) is 8.18. The Morgan fingerprint density at radius 3 is 2.53 bits per heavy atom. The van der Waals surface area contributed by atoms with Crippen LogP contribution in [0.3, 0.4) is 0 Å². The Morgan fingerprint density at radius 2 is 1.88 bits per heavy atom. The van der Waals surface area contributed by atoms with Gasteiger partial charge in [0.2, 0.25) is 15.9 Å². The van der Waals surface area contributed by atoms with Gasteiger partial charge in [-0.1, -0.05) is 50.9 Å². The molecule has 0 saturated heterocycles. The van der Waals surface area contributed by atoms with Gasteiger partial charge in [-0.15, -0.1) is 0 Å². The van der Waals surface area contributed by atoms with Crippen molar-refractivity contribution in [1.82, 2.24) is 13.9 Å². The molecule has 1 aromatic carbocycles. The summed E-state index contributed by atoms with van der Waals surface area (Å²) in [6, 6.07) is 6.90. The van der Waals surface area contributed by atoms with Gasteiger partial charge < -0.3 is 9.88 Å². The second-order valence-corrected chi connectivity index (χ2v) is 11.1. The number of sulfonamides is 1. The average molecular weight is 479 g/mol. The van der Waals surface area contributed by atoms with Crippen molar-refractivity contribution < 1.29 is 13.2 Å². The lowest BCUT2D eigenvalue weighted by Gasteiger charge is -2.26. The number of nitrogens with one attached hydrogen (secondary N) is 1. The fraction of sp³-hybridized carbons (Fsp3) is 0.565. The van der Waals surface area contributed by atoms with Crippen LogP contribution in [0.4, 0.5) is 5.69 Å². The van der Waals surface area contributed by atoms with Gasteiger partial charge in [-0.2, -0.15) is 4.31 Å². The monoisotopic (exact) mass is 478 g/mol. The van der Waals surface area contributed by atoms with E-state index in [1.807, 2.05) is 20.8 Å². The Balaban J connectivity index is 1.68. The minimum atomic E-state index is -3.57. The molecule has 7 nitrogen and oxygen atoms in total. The van der Waals surface area contributed by atoms with Crippen LogP contribution < -0.4 is 5.32 Å². The molecule has 9 heteroatoms. The number of carbonyl (C=O) groups is 1. The smallest absolute Gasteiger partial charge is 0.243 e. The largest absolute Gasteiger partial charge is 0.325 e. The van der Waals surface area contributed by atoms with Crippen LogP contribution in [0.25, 0.3) is 0 Å². The summed E-state index contributed by atoms with van der Waals surface area (Å²) in [7, 11) is -3.57. The molecule has 1 fully saturated rings. The summed E-state index contributed by atoms with van der Waals surface area (Å²) in [6.07, 6.45) is 6.07. The van der Waals surface area contributed by atoms with Gasteiger partial charge >= 0.3 is 0 Å². The molecule has 176 valence electrons. The lowest BCUT2D eigenvalue weighted by molar-refractivity contribution is -0.113. The number of imidazole rings is 1. The highest BCUT2D eigenvalue weighted by Gasteiger charge is 2.23. The number of thioether (sulfide) groups is 1. The summed E-state index contributed by atoms with van der Waals surface area (Å²) in [6.45, 7) is 8.54. The average Bonchev–Trinajstić information content (AvgIpc) is 3.07. The third kappa shape index (κ3) is 5.55. The van der Waals surface area contributed by atoms with Gasteiger partial charge in [0.1, 0.15) is 0 Å². The van der Waals surface area contributed by atoms with Crippen molar-refractivity contribution in [3.63, 3.8) is 0 Å². The number of nitrogens with zero attached hydrogens (tertiary/aromatic N) is 3. The van der Waals surface area contributed by atoms with Crippen LogP contribution >= 0.6 is 11.8 Å². The Kier molecular flexibility index (Phi) is 8.41. The fourth-order valence-electron chi connectivity index (χ4n) is 4.24. The van der Waals surface area contributed by atoms with E-state index >= 15 is 0 Å². The highest BCUT2D eigenvalue weighted by Crippen LogP contribution is 2.34. The Morgan fingerprint density at radius 1 is 1.19 bits per heavy atom. The lowest BCUT2D eigenvalue weighted by Crippen LogP contribution is -2.30. The van der Waals surface area contributed by atoms with E-state index in [0.29, 0.717) is 24.8 Å². The van der Waals surface area contributed by atoms with Gasteiger partial charge in [0.05, 0.1) is 16.3 Å². The Bertz CT molecular complexity index is 1040. The number of rotatable bonds is 9. The van der Waals surface area contributed by atoms with Crippen molar-refractivity contribution in [2.24, 2.45) is 0 Å². The number of aromatic nitrogens is 2. The minimum Gasteiger partial charge on any atom is -0.325 e. The number of benzene rings is 1. The highest BCUT2D eigenvalue weighted by atomic mass is 32.2. The Labute approximate surface area is 196 Å². The molecule has 0 aliphatic heterocycles. The summed E-state index contributed by atoms with van der Waals surface area (Å²) in [4.78, 5) is 17.5. The third-order valence-electron chi connectivity index (χ3n) is 6.09. The van der Waals surface area contributed by atoms with Crippen LogP contribution in [0.1, 0.15) is 63.4 Å². The maximum Gasteiger partial charge on any atom is 0.243 e. The lowest BCUT2D eigenvalue weighted by atomic mass is 9.95. The van der Waals surface area contributed by atoms with Gasteiger partial charge in [-0.25, -0.2) is 13.4 Å². The maximum atomic E-state index is 12.8. The van der Waals surface area contributed by atoms with E-state index in [-0.39, 0.29) is 16.6 Å². The van der Waals surface area contributed by atoms with Crippen molar-refractivity contribution in [1.29, 1.82) is 0 Å². The molecule has 1 N–H and O–H groups in total. The predicted octanol–water partition coefficient (Wildman–Crippen LogP) is 4.77. The van der Waals surface area contributed by atoms with Gasteiger partial charge in [0.25, 0.3) is 0 Å². The summed E-state index contributed by atoms with van der Waals surface area (Å²) >= 11 is 1.44. The summed E-state index contributed by atoms with van der Waals surface area (Å²) in [5, 5.41) is 3.73. The topological polar surface area (TPSA) is 84.3 Å². The second kappa shape index (κ2) is 10.9. The normalized spacial score (nSPS) is 15.3. The van der Waals surface area contributed by atoms with Crippen molar-refractivity contribution in [2.75, 3.05) is 24.2 Å². The molecule has 32 heavy (non-hydrogen) atoms. The SMILES string of the molecule is CCN(CC)S(=O)(=O)c1cccc(NC(=O)CSc2nc(C)c(C)n2C2CCCCC2)c1. The van der Waals surface area contributed by atoms with Crippen LogP contribution in [0.5, 0.6) is 0 Å². The molecule has 1 aliphatic rings. The molecule has 3 rings (SSSR count). The van der Waals surface area contributed by atoms with E-state index in [1.165, 1.54) is 47.1 Å². The first kappa shape index (κ1) is 24.8.